The van der Waals surface area contributed by atoms with Crippen molar-refractivity contribution in [2.45, 2.75) is 32.2 Å². The summed E-state index contributed by atoms with van der Waals surface area (Å²) in [5.41, 5.74) is -0.980. The Morgan fingerprint density at radius 2 is 1.70 bits per heavy atom. The molecule has 0 aliphatic rings. The summed E-state index contributed by atoms with van der Waals surface area (Å²) < 4.78 is 20.6. The summed E-state index contributed by atoms with van der Waals surface area (Å²) in [5.74, 6) is 1.48. The van der Waals surface area contributed by atoms with Gasteiger partial charge in [-0.05, 0) is 62.4 Å². The third-order valence-corrected chi connectivity index (χ3v) is 6.54. The van der Waals surface area contributed by atoms with E-state index in [9.17, 15) is 28.8 Å². The molecule has 3 N–H and O–H groups in total. The zero-order chi connectivity index (χ0) is 32.6. The monoisotopic (exact) mass is 657 g/mol. The number of carboxylic acid groups (broad SMARTS) is 1. The van der Waals surface area contributed by atoms with Crippen LogP contribution in [0.2, 0.25) is 15.1 Å². The second-order valence-electron chi connectivity index (χ2n) is 9.75. The Hall–Kier alpha value is -4.61. The normalized spacial score (nSPS) is 10.6. The van der Waals surface area contributed by atoms with E-state index in [1.807, 2.05) is 6.07 Å². The highest BCUT2D eigenvalue weighted by Gasteiger charge is 2.20. The van der Waals surface area contributed by atoms with E-state index in [0.717, 1.165) is 0 Å². The number of carbonyl (C=O) groups excluding carboxylic acids is 3. The second kappa shape index (κ2) is 14.7. The fourth-order valence-electron chi connectivity index (χ4n) is 3.70. The molecule has 0 aliphatic heterocycles. The minimum atomic E-state index is -1.12. The van der Waals surface area contributed by atoms with E-state index in [-0.39, 0.29) is 56.6 Å². The van der Waals surface area contributed by atoms with Crippen LogP contribution in [0.5, 0.6) is 5.75 Å². The minimum Gasteiger partial charge on any atom is -0.483 e. The molecule has 2 amide bonds. The molecule has 44 heavy (non-hydrogen) atoms. The number of nitriles is 1. The average Bonchev–Trinajstić information content (AvgIpc) is 2.96. The first-order valence-corrected chi connectivity index (χ1v) is 13.8. The molecule has 0 heterocycles. The molecule has 0 fully saturated rings. The second-order valence-corrected chi connectivity index (χ2v) is 11.0. The minimum absolute atomic E-state index is 0.0180. The fourth-order valence-corrected chi connectivity index (χ4v) is 4.32. The van der Waals surface area contributed by atoms with Crippen molar-refractivity contribution in [3.63, 3.8) is 0 Å². The van der Waals surface area contributed by atoms with Gasteiger partial charge in [0.25, 0.3) is 5.91 Å². The van der Waals surface area contributed by atoms with Crippen molar-refractivity contribution >= 4 is 64.1 Å². The summed E-state index contributed by atoms with van der Waals surface area (Å²) in [6.45, 7) is 2.53. The molecule has 3 aromatic carbocycles. The number of ketones is 1. The van der Waals surface area contributed by atoms with Crippen molar-refractivity contribution < 1.29 is 33.4 Å². The number of aliphatic carboxylic acids is 1. The molecule has 226 valence electrons. The number of benzene rings is 3. The number of nitrogens with zero attached hydrogens (tertiary/aromatic N) is 1. The standard InChI is InChI=1S/C31H23Cl3FN3O6/c1-31(2,38-25(39)7-8-27(41)42)10-9-18-3-5-23(28(34)29(18)35)37-26(40)16-44-24-6-4-20(32)14-22(24)30(43)19-11-17(15-36)12-21(33)13-19/h3-6,11-14H,7-8,16H2,1-2H3,(H,37,40)(H,38,39)(H,41,42). The van der Waals surface area contributed by atoms with Gasteiger partial charge >= 0.3 is 5.97 Å². The number of rotatable bonds is 10. The summed E-state index contributed by atoms with van der Waals surface area (Å²) in [5, 5.41) is 22.9. The van der Waals surface area contributed by atoms with Crippen molar-refractivity contribution in [3.05, 3.63) is 91.7 Å². The molecule has 0 aliphatic carbocycles. The summed E-state index contributed by atoms with van der Waals surface area (Å²) in [6, 6.07) is 12.9. The molecule has 0 saturated carbocycles. The Kier molecular flexibility index (Phi) is 11.3. The number of carbonyl (C=O) groups is 4. The van der Waals surface area contributed by atoms with E-state index >= 15 is 0 Å². The molecule has 0 saturated heterocycles. The number of anilines is 1. The van der Waals surface area contributed by atoms with E-state index in [4.69, 9.17) is 44.6 Å². The highest BCUT2D eigenvalue weighted by Crippen LogP contribution is 2.29. The van der Waals surface area contributed by atoms with Crippen LogP contribution in [-0.2, 0) is 14.4 Å². The van der Waals surface area contributed by atoms with Crippen LogP contribution in [0.1, 0.15) is 53.7 Å². The van der Waals surface area contributed by atoms with Gasteiger partial charge in [-0.1, -0.05) is 46.6 Å². The summed E-state index contributed by atoms with van der Waals surface area (Å²) in [7, 11) is 0. The summed E-state index contributed by atoms with van der Waals surface area (Å²) in [4.78, 5) is 48.4. The van der Waals surface area contributed by atoms with E-state index in [1.165, 1.54) is 48.5 Å². The van der Waals surface area contributed by atoms with E-state index < -0.39 is 46.6 Å². The Balaban J connectivity index is 1.71. The molecule has 0 bridgehead atoms. The van der Waals surface area contributed by atoms with Gasteiger partial charge in [0.05, 0.1) is 40.4 Å². The van der Waals surface area contributed by atoms with E-state index in [2.05, 4.69) is 22.5 Å². The number of halogens is 4. The van der Waals surface area contributed by atoms with Crippen LogP contribution in [0.15, 0.2) is 48.5 Å². The van der Waals surface area contributed by atoms with Crippen LogP contribution in [0, 0.1) is 29.0 Å². The lowest BCUT2D eigenvalue weighted by molar-refractivity contribution is -0.139. The van der Waals surface area contributed by atoms with Gasteiger partial charge in [-0.15, -0.1) is 0 Å². The third kappa shape index (κ3) is 9.45. The van der Waals surface area contributed by atoms with E-state index in [0.29, 0.717) is 0 Å². The van der Waals surface area contributed by atoms with Gasteiger partial charge in [-0.2, -0.15) is 5.26 Å². The first-order chi connectivity index (χ1) is 20.7. The summed E-state index contributed by atoms with van der Waals surface area (Å²) >= 11 is 18.2. The summed E-state index contributed by atoms with van der Waals surface area (Å²) in [6.07, 6.45) is -0.580. The molecule has 0 atom stereocenters. The van der Waals surface area contributed by atoms with Crippen LogP contribution in [0.3, 0.4) is 0 Å². The molecule has 0 spiro atoms. The van der Waals surface area contributed by atoms with Gasteiger partial charge in [0.15, 0.2) is 18.2 Å². The zero-order valence-corrected chi connectivity index (χ0v) is 25.5. The van der Waals surface area contributed by atoms with Crippen molar-refractivity contribution in [1.82, 2.24) is 5.32 Å². The number of hydrogen-bond acceptors (Lipinski definition) is 6. The predicted octanol–water partition coefficient (Wildman–Crippen LogP) is 6.02. The molecule has 3 rings (SSSR count). The number of ether oxygens (including phenoxy) is 1. The van der Waals surface area contributed by atoms with Gasteiger partial charge in [0.1, 0.15) is 10.8 Å². The molecule has 13 heteroatoms. The third-order valence-electron chi connectivity index (χ3n) is 5.72. The quantitative estimate of drug-likeness (QED) is 0.178. The molecule has 0 aromatic heterocycles. The Bertz CT molecular complexity index is 1760. The Labute approximate surface area is 266 Å². The molecule has 9 nitrogen and oxygen atoms in total. The molecular formula is C31H23Cl3FN3O6. The van der Waals surface area contributed by atoms with E-state index in [1.54, 1.807) is 13.8 Å². The fraction of sp³-hybridized carbons (Fsp3) is 0.194. The maximum atomic E-state index is 15.0. The lowest BCUT2D eigenvalue weighted by atomic mass is 10.0. The van der Waals surface area contributed by atoms with Gasteiger partial charge in [-0.25, -0.2) is 4.39 Å². The van der Waals surface area contributed by atoms with Crippen molar-refractivity contribution in [2.24, 2.45) is 0 Å². The van der Waals surface area contributed by atoms with Crippen molar-refractivity contribution in [3.8, 4) is 23.7 Å². The molecule has 0 unspecified atom stereocenters. The van der Waals surface area contributed by atoms with Crippen molar-refractivity contribution in [1.29, 1.82) is 5.26 Å². The highest BCUT2D eigenvalue weighted by atomic mass is 35.5. The Morgan fingerprint density at radius 1 is 0.977 bits per heavy atom. The smallest absolute Gasteiger partial charge is 0.303 e. The van der Waals surface area contributed by atoms with Crippen LogP contribution < -0.4 is 15.4 Å². The number of nitrogens with one attached hydrogen (secondary N) is 2. The Morgan fingerprint density at radius 3 is 2.39 bits per heavy atom. The largest absolute Gasteiger partial charge is 0.483 e. The van der Waals surface area contributed by atoms with Gasteiger partial charge in [-0.3, -0.25) is 19.2 Å². The first-order valence-electron chi connectivity index (χ1n) is 12.7. The number of hydrogen-bond donors (Lipinski definition) is 3. The van der Waals surface area contributed by atoms with Gasteiger partial charge < -0.3 is 20.5 Å². The maximum absolute atomic E-state index is 15.0. The van der Waals surface area contributed by atoms with Crippen molar-refractivity contribution in [2.75, 3.05) is 11.9 Å². The van der Waals surface area contributed by atoms with Crippen LogP contribution >= 0.6 is 34.8 Å². The van der Waals surface area contributed by atoms with Crippen LogP contribution in [0.25, 0.3) is 0 Å². The number of amides is 2. The highest BCUT2D eigenvalue weighted by molar-refractivity contribution is 6.34. The zero-order valence-electron chi connectivity index (χ0n) is 23.2. The average molecular weight is 659 g/mol. The van der Waals surface area contributed by atoms with Crippen LogP contribution in [0.4, 0.5) is 10.1 Å². The SMILES string of the molecule is CC(C)(C#Cc1ccc(NC(=O)COc2ccc(Cl)cc2C(=O)c2cc(Cl)cc(C#N)c2)c(Cl)c1F)NC(=O)CCC(=O)O. The van der Waals surface area contributed by atoms with Crippen LogP contribution in [-0.4, -0.2) is 40.8 Å². The number of carboxylic acids is 1. The van der Waals surface area contributed by atoms with Gasteiger partial charge in [0, 0.05) is 22.0 Å². The topological polar surface area (TPSA) is 146 Å². The van der Waals surface area contributed by atoms with Gasteiger partial charge in [0.2, 0.25) is 5.91 Å². The lowest BCUT2D eigenvalue weighted by Gasteiger charge is -2.19. The molecule has 0 radical (unpaired) electrons. The first kappa shape index (κ1) is 33.9. The molecular weight excluding hydrogens is 636 g/mol. The predicted molar refractivity (Wildman–Crippen MR) is 163 cm³/mol. The molecule has 3 aromatic rings. The lowest BCUT2D eigenvalue weighted by Crippen LogP contribution is -2.42. The maximum Gasteiger partial charge on any atom is 0.303 e.